The van der Waals surface area contributed by atoms with Crippen LogP contribution in [0.15, 0.2) is 30.3 Å². The monoisotopic (exact) mass is 424 g/mol. The fraction of sp³-hybridized carbons (Fsp3) is 0.391. The Morgan fingerprint density at radius 1 is 1.20 bits per heavy atom. The second-order valence-electron chi connectivity index (χ2n) is 7.93. The Balaban J connectivity index is 1.45. The van der Waals surface area contributed by atoms with Crippen molar-refractivity contribution in [2.75, 3.05) is 24.8 Å². The minimum absolute atomic E-state index is 0.0118. The number of thiazole rings is 1. The number of amides is 1. The topological polar surface area (TPSA) is 60.9 Å². The molecule has 156 valence electrons. The maximum absolute atomic E-state index is 13.4. The second kappa shape index (κ2) is 7.89. The number of hydrogen-bond donors (Lipinski definition) is 0. The van der Waals surface area contributed by atoms with E-state index in [-0.39, 0.29) is 25.2 Å². The molecule has 3 aromatic rings. The van der Waals surface area contributed by atoms with E-state index in [0.29, 0.717) is 12.3 Å². The normalized spacial score (nSPS) is 17.6. The van der Waals surface area contributed by atoms with Crippen molar-refractivity contribution < 1.29 is 19.0 Å². The quantitative estimate of drug-likeness (QED) is 0.608. The maximum Gasteiger partial charge on any atom is 0.233 e. The lowest BCUT2D eigenvalue weighted by Crippen LogP contribution is -2.38. The van der Waals surface area contributed by atoms with E-state index in [4.69, 9.17) is 19.2 Å². The van der Waals surface area contributed by atoms with Gasteiger partial charge in [-0.1, -0.05) is 23.5 Å². The van der Waals surface area contributed by atoms with Gasteiger partial charge in [0.25, 0.3) is 0 Å². The van der Waals surface area contributed by atoms with Crippen molar-refractivity contribution in [3.63, 3.8) is 0 Å². The molecule has 0 N–H and O–H groups in total. The molecule has 30 heavy (non-hydrogen) atoms. The molecule has 0 unspecified atom stereocenters. The number of benzene rings is 2. The Labute approximate surface area is 179 Å². The van der Waals surface area contributed by atoms with Gasteiger partial charge in [-0.15, -0.1) is 0 Å². The molecular formula is C23H24N2O4S. The zero-order chi connectivity index (χ0) is 20.7. The van der Waals surface area contributed by atoms with E-state index in [1.165, 1.54) is 5.56 Å². The van der Waals surface area contributed by atoms with E-state index >= 15 is 0 Å². The number of rotatable bonds is 5. The minimum atomic E-state index is 0.0118. The molecule has 2 aliphatic heterocycles. The molecule has 0 spiro atoms. The van der Waals surface area contributed by atoms with Gasteiger partial charge in [0.1, 0.15) is 0 Å². The fourth-order valence-electron chi connectivity index (χ4n) is 4.07. The molecule has 1 atom stereocenters. The first kappa shape index (κ1) is 19.3. The Kier molecular flexibility index (Phi) is 5.08. The summed E-state index contributed by atoms with van der Waals surface area (Å²) in [4.78, 5) is 20.0. The largest absolute Gasteiger partial charge is 0.454 e. The number of aromatic nitrogens is 1. The first-order valence-electron chi connectivity index (χ1n) is 10.2. The van der Waals surface area contributed by atoms with Crippen LogP contribution in [0.5, 0.6) is 11.5 Å². The summed E-state index contributed by atoms with van der Waals surface area (Å²) in [6.45, 7) is 5.66. The molecule has 0 aliphatic carbocycles. The number of ether oxygens (including phenoxy) is 3. The highest BCUT2D eigenvalue weighted by Gasteiger charge is 2.27. The van der Waals surface area contributed by atoms with Crippen molar-refractivity contribution in [3.05, 3.63) is 47.0 Å². The van der Waals surface area contributed by atoms with Gasteiger partial charge in [-0.25, -0.2) is 4.98 Å². The van der Waals surface area contributed by atoms with Gasteiger partial charge in [-0.3, -0.25) is 9.69 Å². The van der Waals surface area contributed by atoms with Crippen LogP contribution in [0, 0.1) is 13.8 Å². The van der Waals surface area contributed by atoms with Crippen LogP contribution in [0.1, 0.15) is 29.5 Å². The van der Waals surface area contributed by atoms with Gasteiger partial charge in [0.15, 0.2) is 16.6 Å². The van der Waals surface area contributed by atoms with Gasteiger partial charge in [0.05, 0.1) is 29.3 Å². The molecule has 0 radical (unpaired) electrons. The molecule has 3 heterocycles. The number of aryl methyl sites for hydroxylation is 2. The average Bonchev–Trinajstić information content (AvgIpc) is 3.46. The fourth-order valence-corrected chi connectivity index (χ4v) is 5.24. The summed E-state index contributed by atoms with van der Waals surface area (Å²) in [5.41, 5.74) is 4.20. The van der Waals surface area contributed by atoms with Crippen LogP contribution in [0.2, 0.25) is 0 Å². The Bertz CT molecular complexity index is 1100. The highest BCUT2D eigenvalue weighted by Crippen LogP contribution is 2.35. The predicted molar refractivity (Wildman–Crippen MR) is 117 cm³/mol. The van der Waals surface area contributed by atoms with E-state index in [1.54, 1.807) is 16.2 Å². The third kappa shape index (κ3) is 3.75. The molecule has 5 rings (SSSR count). The summed E-state index contributed by atoms with van der Waals surface area (Å²) in [5, 5.41) is 0.736. The van der Waals surface area contributed by atoms with E-state index in [2.05, 4.69) is 26.0 Å². The molecule has 2 aliphatic rings. The van der Waals surface area contributed by atoms with Gasteiger partial charge >= 0.3 is 0 Å². The average molecular weight is 425 g/mol. The Hall–Kier alpha value is -2.64. The van der Waals surface area contributed by atoms with Gasteiger partial charge in [-0.05, 0) is 61.6 Å². The van der Waals surface area contributed by atoms with E-state index in [0.717, 1.165) is 51.7 Å². The lowest BCUT2D eigenvalue weighted by atomic mass is 10.1. The Morgan fingerprint density at radius 3 is 2.90 bits per heavy atom. The zero-order valence-corrected chi connectivity index (χ0v) is 18.0. The Morgan fingerprint density at radius 2 is 2.07 bits per heavy atom. The van der Waals surface area contributed by atoms with Crippen molar-refractivity contribution in [3.8, 4) is 11.5 Å². The molecular weight excluding hydrogens is 400 g/mol. The van der Waals surface area contributed by atoms with Crippen LogP contribution in [0.4, 0.5) is 5.13 Å². The molecule has 1 aromatic heterocycles. The van der Waals surface area contributed by atoms with Crippen molar-refractivity contribution >= 4 is 32.6 Å². The van der Waals surface area contributed by atoms with Gasteiger partial charge < -0.3 is 14.2 Å². The number of anilines is 1. The highest BCUT2D eigenvalue weighted by atomic mass is 32.1. The van der Waals surface area contributed by atoms with Crippen molar-refractivity contribution in [2.45, 2.75) is 39.2 Å². The number of fused-ring (bicyclic) bond motifs is 2. The highest BCUT2D eigenvalue weighted by molar-refractivity contribution is 7.22. The SMILES string of the molecule is Cc1cc(C)c2nc(N(C[C@H]3CCCO3)C(=O)Cc3ccc4c(c3)OCO4)sc2c1. The number of hydrogen-bond acceptors (Lipinski definition) is 6. The van der Waals surface area contributed by atoms with Gasteiger partial charge in [0, 0.05) is 6.61 Å². The third-order valence-electron chi connectivity index (χ3n) is 5.55. The van der Waals surface area contributed by atoms with Crippen molar-refractivity contribution in [1.29, 1.82) is 0 Å². The van der Waals surface area contributed by atoms with Gasteiger partial charge in [0.2, 0.25) is 12.7 Å². The van der Waals surface area contributed by atoms with E-state index in [1.807, 2.05) is 18.2 Å². The standard InChI is InChI=1S/C23H24N2O4S/c1-14-8-15(2)22-20(9-14)30-23(24-22)25(12-17-4-3-7-27-17)21(26)11-16-5-6-18-19(10-16)29-13-28-18/h5-6,8-10,17H,3-4,7,11-13H2,1-2H3/t17-/m1/s1. The summed E-state index contributed by atoms with van der Waals surface area (Å²) in [6.07, 6.45) is 2.33. The lowest BCUT2D eigenvalue weighted by molar-refractivity contribution is -0.118. The summed E-state index contributed by atoms with van der Waals surface area (Å²) in [7, 11) is 0. The summed E-state index contributed by atoms with van der Waals surface area (Å²) in [5.74, 6) is 1.43. The van der Waals surface area contributed by atoms with Crippen LogP contribution in [-0.4, -0.2) is 36.9 Å². The summed E-state index contributed by atoms with van der Waals surface area (Å²) in [6, 6.07) is 9.93. The molecule has 0 bridgehead atoms. The molecule has 1 saturated heterocycles. The number of carbonyl (C=O) groups excluding carboxylic acids is 1. The molecule has 6 nitrogen and oxygen atoms in total. The number of carbonyl (C=O) groups is 1. The molecule has 1 fully saturated rings. The summed E-state index contributed by atoms with van der Waals surface area (Å²) >= 11 is 1.57. The van der Waals surface area contributed by atoms with Crippen LogP contribution >= 0.6 is 11.3 Å². The van der Waals surface area contributed by atoms with E-state index < -0.39 is 0 Å². The maximum atomic E-state index is 13.4. The lowest BCUT2D eigenvalue weighted by Gasteiger charge is -2.23. The molecule has 7 heteroatoms. The first-order valence-corrected chi connectivity index (χ1v) is 11.1. The van der Waals surface area contributed by atoms with Crippen LogP contribution in [0.3, 0.4) is 0 Å². The second-order valence-corrected chi connectivity index (χ2v) is 8.94. The number of nitrogens with zero attached hydrogens (tertiary/aromatic N) is 2. The first-order chi connectivity index (χ1) is 14.6. The van der Waals surface area contributed by atoms with Crippen LogP contribution in [0.25, 0.3) is 10.2 Å². The molecule has 0 saturated carbocycles. The molecule has 2 aromatic carbocycles. The van der Waals surface area contributed by atoms with Crippen molar-refractivity contribution in [1.82, 2.24) is 4.98 Å². The van der Waals surface area contributed by atoms with Crippen LogP contribution < -0.4 is 14.4 Å². The summed E-state index contributed by atoms with van der Waals surface area (Å²) < 4.78 is 17.8. The minimum Gasteiger partial charge on any atom is -0.454 e. The van der Waals surface area contributed by atoms with E-state index in [9.17, 15) is 4.79 Å². The van der Waals surface area contributed by atoms with Crippen molar-refractivity contribution in [2.24, 2.45) is 0 Å². The van der Waals surface area contributed by atoms with Gasteiger partial charge in [-0.2, -0.15) is 0 Å². The predicted octanol–water partition coefficient (Wildman–Crippen LogP) is 4.40. The third-order valence-corrected chi connectivity index (χ3v) is 6.58. The zero-order valence-electron chi connectivity index (χ0n) is 17.1. The van der Waals surface area contributed by atoms with Crippen LogP contribution in [-0.2, 0) is 16.0 Å². The smallest absolute Gasteiger partial charge is 0.233 e. The molecule has 1 amide bonds.